The number of aromatic nitrogens is 7. The molecule has 4 aromatic heterocycles. The SMILES string of the molecule is Cc1ncsc1-c1ccc(C(C)NC(=O)[C@@H]2C[C@@H](O)CN2C(=O)C(NC(=O)C2CCN(C(=O)c3cnc(N4CCC(n5nc(N)c6nnc(-c7ccccc7O)cc65)CC4)nc3)CC2)C(C)(C)C)cc1. The highest BCUT2D eigenvalue weighted by Crippen LogP contribution is 2.34. The lowest BCUT2D eigenvalue weighted by atomic mass is 9.84. The van der Waals surface area contributed by atoms with Crippen LogP contribution in [0.3, 0.4) is 0 Å². The fourth-order valence-electron chi connectivity index (χ4n) is 9.76. The van der Waals surface area contributed by atoms with E-state index in [0.717, 1.165) is 40.1 Å². The molecule has 6 N–H and O–H groups in total. The Hall–Kier alpha value is -7.06. The molecule has 0 spiro atoms. The number of β-amino-alcohol motifs (C(OH)–C–C–N with tert-alkyl or cyclic N) is 1. The molecule has 3 fully saturated rings. The van der Waals surface area contributed by atoms with E-state index in [0.29, 0.717) is 67.3 Å². The number of piperidine rings is 2. The summed E-state index contributed by atoms with van der Waals surface area (Å²) in [7, 11) is 0. The first-order chi connectivity index (χ1) is 33.5. The largest absolute Gasteiger partial charge is 0.507 e. The molecule has 7 heterocycles. The van der Waals surface area contributed by atoms with Gasteiger partial charge < -0.3 is 41.3 Å². The maximum absolute atomic E-state index is 14.3. The van der Waals surface area contributed by atoms with E-state index in [1.165, 1.54) is 4.90 Å². The average molecular weight is 970 g/mol. The summed E-state index contributed by atoms with van der Waals surface area (Å²) in [5.74, 6) is -0.858. The number of anilines is 2. The number of benzene rings is 2. The van der Waals surface area contributed by atoms with E-state index in [1.54, 1.807) is 46.8 Å². The number of nitrogens with one attached hydrogen (secondary N) is 2. The van der Waals surface area contributed by atoms with Gasteiger partial charge in [-0.25, -0.2) is 15.0 Å². The Kier molecular flexibility index (Phi) is 13.5. The molecule has 0 saturated carbocycles. The molecule has 3 aliphatic heterocycles. The number of aliphatic hydroxyl groups is 1. The van der Waals surface area contributed by atoms with Crippen LogP contribution in [0.15, 0.2) is 72.5 Å². The van der Waals surface area contributed by atoms with Crippen LogP contribution in [0.25, 0.3) is 32.7 Å². The smallest absolute Gasteiger partial charge is 0.256 e. The van der Waals surface area contributed by atoms with Crippen molar-refractivity contribution in [2.24, 2.45) is 11.3 Å². The topological polar surface area (TPSA) is 251 Å². The highest BCUT2D eigenvalue weighted by molar-refractivity contribution is 7.13. The van der Waals surface area contributed by atoms with Crippen LogP contribution in [0.5, 0.6) is 5.75 Å². The number of hydrogen-bond donors (Lipinski definition) is 5. The molecule has 3 saturated heterocycles. The zero-order chi connectivity index (χ0) is 49.4. The van der Waals surface area contributed by atoms with Gasteiger partial charge >= 0.3 is 0 Å². The van der Waals surface area contributed by atoms with E-state index in [-0.39, 0.29) is 54.3 Å². The Labute approximate surface area is 409 Å². The average Bonchev–Trinajstić information content (AvgIpc) is 4.08. The monoisotopic (exact) mass is 969 g/mol. The quantitative estimate of drug-likeness (QED) is 0.114. The fraction of sp³-hybridized carbons (Fsp3) is 0.440. The summed E-state index contributed by atoms with van der Waals surface area (Å²) in [6.45, 7) is 11.3. The van der Waals surface area contributed by atoms with E-state index in [1.807, 2.05) is 81.2 Å². The van der Waals surface area contributed by atoms with Gasteiger partial charge in [-0.3, -0.25) is 23.9 Å². The molecule has 4 atom stereocenters. The van der Waals surface area contributed by atoms with Crippen LogP contribution in [0.2, 0.25) is 0 Å². The summed E-state index contributed by atoms with van der Waals surface area (Å²) in [6, 6.07) is 14.5. The third-order valence-corrected chi connectivity index (χ3v) is 14.8. The van der Waals surface area contributed by atoms with E-state index < -0.39 is 35.4 Å². The summed E-state index contributed by atoms with van der Waals surface area (Å²) < 4.78 is 1.89. The van der Waals surface area contributed by atoms with Crippen molar-refractivity contribution in [3.05, 3.63) is 89.3 Å². The molecule has 0 aliphatic carbocycles. The number of carbonyl (C=O) groups excluding carboxylic acids is 4. The highest BCUT2D eigenvalue weighted by Gasteiger charge is 2.45. The van der Waals surface area contributed by atoms with Gasteiger partial charge in [0, 0.05) is 63.0 Å². The number of amides is 4. The van der Waals surface area contributed by atoms with Crippen molar-refractivity contribution in [3.8, 4) is 27.4 Å². The number of carbonyl (C=O) groups is 4. The van der Waals surface area contributed by atoms with Crippen molar-refractivity contribution >= 4 is 57.8 Å². The van der Waals surface area contributed by atoms with Gasteiger partial charge in [-0.2, -0.15) is 5.10 Å². The fourth-order valence-corrected chi connectivity index (χ4v) is 10.6. The Morgan fingerprint density at radius 1 is 0.886 bits per heavy atom. The van der Waals surface area contributed by atoms with Gasteiger partial charge in [-0.1, -0.05) is 57.2 Å². The van der Waals surface area contributed by atoms with Crippen LogP contribution in [-0.4, -0.2) is 129 Å². The minimum absolute atomic E-state index is 0.0252. The van der Waals surface area contributed by atoms with Gasteiger partial charge in [0.15, 0.2) is 11.3 Å². The number of para-hydroxylation sites is 1. The minimum Gasteiger partial charge on any atom is -0.507 e. The standard InChI is InChI=1S/C50H59N13O6S/c1-28(30-10-12-31(13-11-30)42-29(2)54-27-70-42)55-46(67)39-22-35(64)26-62(39)48(69)43(50(3,4)5)56-45(66)32-14-18-60(19-15-32)47(68)33-24-52-49(53-25-33)61-20-16-34(17-21-61)63-38-23-37(36-8-6-7-9-40(36)65)57-58-41(38)44(51)59-63/h6-13,23-25,27-28,32,34-35,39,43,64-65H,14-22,26H2,1-5H3,(H2,51,59)(H,55,67)(H,56,66)/t28?,35-,39+,43?/m1/s1. The summed E-state index contributed by atoms with van der Waals surface area (Å²) in [6.07, 6.45) is 4.52. The van der Waals surface area contributed by atoms with E-state index in [9.17, 15) is 29.4 Å². The van der Waals surface area contributed by atoms with Crippen LogP contribution in [0.4, 0.5) is 11.8 Å². The van der Waals surface area contributed by atoms with Crippen LogP contribution in [0.1, 0.15) is 93.5 Å². The van der Waals surface area contributed by atoms with Crippen molar-refractivity contribution < 1.29 is 29.4 Å². The normalized spacial score (nSPS) is 19.0. The number of aromatic hydroxyl groups is 1. The molecule has 3 aliphatic rings. The molecule has 6 aromatic rings. The van der Waals surface area contributed by atoms with Gasteiger partial charge in [0.2, 0.25) is 23.7 Å². The van der Waals surface area contributed by atoms with E-state index >= 15 is 0 Å². The third kappa shape index (κ3) is 9.87. The van der Waals surface area contributed by atoms with Crippen LogP contribution in [0, 0.1) is 18.3 Å². The number of thiazole rings is 1. The number of nitrogen functional groups attached to an aromatic ring is 1. The highest BCUT2D eigenvalue weighted by atomic mass is 32.1. The molecule has 0 radical (unpaired) electrons. The van der Waals surface area contributed by atoms with Gasteiger partial charge in [-0.05, 0) is 74.3 Å². The van der Waals surface area contributed by atoms with Crippen molar-refractivity contribution in [1.29, 1.82) is 0 Å². The zero-order valence-electron chi connectivity index (χ0n) is 39.9. The predicted octanol–water partition coefficient (Wildman–Crippen LogP) is 5.07. The summed E-state index contributed by atoms with van der Waals surface area (Å²) in [5, 5.41) is 40.4. The number of nitrogens with two attached hydrogens (primary N) is 1. The van der Waals surface area contributed by atoms with E-state index in [4.69, 9.17) is 5.73 Å². The number of fused-ring (bicyclic) bond motifs is 1. The first kappa shape index (κ1) is 48.0. The number of nitrogens with zero attached hydrogens (tertiary/aromatic N) is 10. The second-order valence-electron chi connectivity index (χ2n) is 19.7. The van der Waals surface area contributed by atoms with Gasteiger partial charge in [0.25, 0.3) is 5.91 Å². The Bertz CT molecular complexity index is 2880. The number of likely N-dealkylation sites (tertiary alicyclic amines) is 2. The second-order valence-corrected chi connectivity index (χ2v) is 20.5. The number of rotatable bonds is 11. The molecule has 20 heteroatoms. The van der Waals surface area contributed by atoms with Crippen LogP contribution in [-0.2, 0) is 14.4 Å². The predicted molar refractivity (Wildman–Crippen MR) is 264 cm³/mol. The van der Waals surface area contributed by atoms with Gasteiger partial charge in [-0.15, -0.1) is 21.5 Å². The molecular formula is C50H59N13O6S. The lowest BCUT2D eigenvalue weighted by Crippen LogP contribution is -2.59. The molecule has 19 nitrogen and oxygen atoms in total. The summed E-state index contributed by atoms with van der Waals surface area (Å²) in [4.78, 5) is 75.4. The summed E-state index contributed by atoms with van der Waals surface area (Å²) in [5.41, 5.74) is 12.9. The molecule has 9 rings (SSSR count). The molecular weight excluding hydrogens is 911 g/mol. The lowest BCUT2D eigenvalue weighted by Gasteiger charge is -2.37. The van der Waals surface area contributed by atoms with Crippen LogP contribution < -0.4 is 21.3 Å². The molecule has 366 valence electrons. The first-order valence-electron chi connectivity index (χ1n) is 23.8. The van der Waals surface area contributed by atoms with Crippen LogP contribution >= 0.6 is 11.3 Å². The van der Waals surface area contributed by atoms with Crippen molar-refractivity contribution in [2.75, 3.05) is 43.4 Å². The number of hydrogen-bond acceptors (Lipinski definition) is 15. The first-order valence-corrected chi connectivity index (χ1v) is 24.7. The maximum atomic E-state index is 14.3. The van der Waals surface area contributed by atoms with Crippen molar-refractivity contribution in [3.63, 3.8) is 0 Å². The van der Waals surface area contributed by atoms with Crippen molar-refractivity contribution in [1.82, 2.24) is 55.4 Å². The van der Waals surface area contributed by atoms with Gasteiger partial charge in [0.05, 0.1) is 51.0 Å². The molecule has 4 amide bonds. The van der Waals surface area contributed by atoms with Gasteiger partial charge in [0.1, 0.15) is 17.8 Å². The number of phenolic OH excluding ortho intramolecular Hbond substituents is 1. The third-order valence-electron chi connectivity index (χ3n) is 13.8. The molecule has 2 unspecified atom stereocenters. The molecule has 0 bridgehead atoms. The number of aliphatic hydroxyl groups excluding tert-OH is 1. The molecule has 70 heavy (non-hydrogen) atoms. The number of aryl methyl sites for hydroxylation is 1. The molecule has 2 aromatic carbocycles. The summed E-state index contributed by atoms with van der Waals surface area (Å²) >= 11 is 1.57. The maximum Gasteiger partial charge on any atom is 0.256 e. The number of phenols is 1. The Morgan fingerprint density at radius 3 is 2.24 bits per heavy atom. The van der Waals surface area contributed by atoms with Crippen molar-refractivity contribution in [2.45, 2.75) is 97.0 Å². The Morgan fingerprint density at radius 2 is 1.59 bits per heavy atom. The zero-order valence-corrected chi connectivity index (χ0v) is 40.8. The van der Waals surface area contributed by atoms with E-state index in [2.05, 4.69) is 45.8 Å². The minimum atomic E-state index is -0.967. The second kappa shape index (κ2) is 19.7. The lowest BCUT2D eigenvalue weighted by molar-refractivity contribution is -0.144. The Balaban J connectivity index is 0.767.